The molecule has 0 aliphatic heterocycles. The van der Waals surface area contributed by atoms with Crippen LogP contribution >= 0.6 is 11.8 Å². The average Bonchev–Trinajstić information content (AvgIpc) is 3.09. The van der Waals surface area contributed by atoms with E-state index in [-0.39, 0.29) is 0 Å². The molecule has 110 valence electrons. The number of hydrogen-bond donors (Lipinski definition) is 0. The van der Waals surface area contributed by atoms with Gasteiger partial charge in [-0.05, 0) is 24.1 Å². The molecule has 0 spiro atoms. The maximum absolute atomic E-state index is 4.53. The minimum atomic E-state index is 0.412. The summed E-state index contributed by atoms with van der Waals surface area (Å²) in [4.78, 5) is 11.3. The minimum absolute atomic E-state index is 0.412. The third-order valence-electron chi connectivity index (χ3n) is 3.61. The van der Waals surface area contributed by atoms with Crippen molar-refractivity contribution < 1.29 is 0 Å². The van der Waals surface area contributed by atoms with E-state index < -0.39 is 0 Å². The van der Waals surface area contributed by atoms with Gasteiger partial charge in [-0.3, -0.25) is 4.40 Å². The van der Waals surface area contributed by atoms with Gasteiger partial charge in [0.25, 0.3) is 0 Å². The Bertz CT molecular complexity index is 919. The molecule has 0 saturated carbocycles. The van der Waals surface area contributed by atoms with Gasteiger partial charge in [0.05, 0.1) is 5.69 Å². The number of nitrogens with zero attached hydrogens (tertiary/aromatic N) is 4. The molecule has 0 N–H and O–H groups in total. The fourth-order valence-electron chi connectivity index (χ4n) is 2.44. The van der Waals surface area contributed by atoms with Crippen molar-refractivity contribution in [1.82, 2.24) is 18.8 Å². The Morgan fingerprint density at radius 2 is 1.91 bits per heavy atom. The Kier molecular flexibility index (Phi) is 3.15. The van der Waals surface area contributed by atoms with Crippen LogP contribution in [0.25, 0.3) is 11.3 Å². The number of fused-ring (bicyclic) bond motifs is 2. The third-order valence-corrected chi connectivity index (χ3v) is 4.52. The van der Waals surface area contributed by atoms with Crippen molar-refractivity contribution in [2.24, 2.45) is 0 Å². The zero-order valence-electron chi connectivity index (χ0n) is 12.5. The second kappa shape index (κ2) is 5.18. The van der Waals surface area contributed by atoms with Gasteiger partial charge in [-0.1, -0.05) is 31.7 Å². The molecule has 5 heteroatoms. The highest BCUT2D eigenvalue weighted by Gasteiger charge is 2.08. The maximum atomic E-state index is 4.53. The summed E-state index contributed by atoms with van der Waals surface area (Å²) in [6.07, 6.45) is 10.2. The lowest BCUT2D eigenvalue weighted by molar-refractivity contribution is 0.833. The Morgan fingerprint density at radius 3 is 2.73 bits per heavy atom. The van der Waals surface area contributed by atoms with E-state index >= 15 is 0 Å². The van der Waals surface area contributed by atoms with Crippen LogP contribution in [0.4, 0.5) is 0 Å². The van der Waals surface area contributed by atoms with Crippen molar-refractivity contribution in [3.63, 3.8) is 0 Å². The molecule has 0 saturated heterocycles. The summed E-state index contributed by atoms with van der Waals surface area (Å²) < 4.78 is 4.13. The average molecular weight is 308 g/mol. The van der Waals surface area contributed by atoms with E-state index in [1.807, 2.05) is 16.7 Å². The van der Waals surface area contributed by atoms with E-state index in [1.54, 1.807) is 11.8 Å². The van der Waals surface area contributed by atoms with Gasteiger partial charge in [-0.25, -0.2) is 9.97 Å². The number of pyridine rings is 1. The van der Waals surface area contributed by atoms with E-state index in [2.05, 4.69) is 71.2 Å². The fraction of sp³-hybridized carbons (Fsp3) is 0.176. The van der Waals surface area contributed by atoms with Crippen LogP contribution in [-0.4, -0.2) is 18.8 Å². The molecule has 22 heavy (non-hydrogen) atoms. The lowest BCUT2D eigenvalue weighted by Gasteiger charge is -1.99. The van der Waals surface area contributed by atoms with Crippen LogP contribution in [-0.2, 0) is 0 Å². The van der Waals surface area contributed by atoms with Crippen LogP contribution in [0.1, 0.15) is 25.5 Å². The molecule has 0 aliphatic carbocycles. The smallest absolute Gasteiger partial charge is 0.233 e. The van der Waals surface area contributed by atoms with Crippen LogP contribution in [0.15, 0.2) is 65.0 Å². The minimum Gasteiger partial charge on any atom is -0.323 e. The summed E-state index contributed by atoms with van der Waals surface area (Å²) >= 11 is 1.71. The highest BCUT2D eigenvalue weighted by molar-refractivity contribution is 7.99. The van der Waals surface area contributed by atoms with Crippen molar-refractivity contribution in [2.75, 3.05) is 0 Å². The number of imidazole rings is 1. The van der Waals surface area contributed by atoms with Crippen molar-refractivity contribution >= 4 is 23.1 Å². The molecule has 4 aromatic rings. The first-order valence-electron chi connectivity index (χ1n) is 7.28. The van der Waals surface area contributed by atoms with Gasteiger partial charge in [0.15, 0.2) is 0 Å². The summed E-state index contributed by atoms with van der Waals surface area (Å²) in [7, 11) is 0. The lowest BCUT2D eigenvalue weighted by Crippen LogP contribution is -1.87. The number of aromatic nitrogens is 4. The van der Waals surface area contributed by atoms with E-state index in [1.165, 1.54) is 10.4 Å². The predicted molar refractivity (Wildman–Crippen MR) is 88.6 cm³/mol. The van der Waals surface area contributed by atoms with Gasteiger partial charge in [0, 0.05) is 46.3 Å². The van der Waals surface area contributed by atoms with Crippen molar-refractivity contribution in [3.8, 4) is 0 Å². The molecule has 0 amide bonds. The molecule has 0 unspecified atom stereocenters. The Morgan fingerprint density at radius 1 is 1.05 bits per heavy atom. The van der Waals surface area contributed by atoms with E-state index in [0.29, 0.717) is 5.92 Å². The molecule has 0 aromatic carbocycles. The van der Waals surface area contributed by atoms with Gasteiger partial charge in [-0.2, -0.15) is 0 Å². The molecular weight excluding hydrogens is 292 g/mol. The van der Waals surface area contributed by atoms with E-state index in [0.717, 1.165) is 16.4 Å². The normalized spacial score (nSPS) is 11.8. The van der Waals surface area contributed by atoms with E-state index in [9.17, 15) is 0 Å². The van der Waals surface area contributed by atoms with Crippen molar-refractivity contribution in [2.45, 2.75) is 29.6 Å². The summed E-state index contributed by atoms with van der Waals surface area (Å²) in [5.41, 5.74) is 2.27. The quantitative estimate of drug-likeness (QED) is 0.567. The van der Waals surface area contributed by atoms with E-state index in [4.69, 9.17) is 0 Å². The third kappa shape index (κ3) is 2.37. The van der Waals surface area contributed by atoms with Crippen LogP contribution in [0.5, 0.6) is 0 Å². The maximum Gasteiger partial charge on any atom is 0.233 e. The lowest BCUT2D eigenvalue weighted by atomic mass is 10.2. The van der Waals surface area contributed by atoms with Crippen molar-refractivity contribution in [3.05, 3.63) is 60.9 Å². The first-order valence-corrected chi connectivity index (χ1v) is 8.10. The van der Waals surface area contributed by atoms with Crippen molar-refractivity contribution in [1.29, 1.82) is 0 Å². The summed E-state index contributed by atoms with van der Waals surface area (Å²) in [6.45, 7) is 4.29. The molecule has 4 aromatic heterocycles. The number of rotatable bonds is 3. The van der Waals surface area contributed by atoms with Crippen LogP contribution in [0.3, 0.4) is 0 Å². The Labute approximate surface area is 132 Å². The van der Waals surface area contributed by atoms with Gasteiger partial charge in [-0.15, -0.1) is 0 Å². The number of hydrogen-bond acceptors (Lipinski definition) is 3. The largest absolute Gasteiger partial charge is 0.323 e. The van der Waals surface area contributed by atoms with Gasteiger partial charge in [0.2, 0.25) is 5.78 Å². The van der Waals surface area contributed by atoms with Gasteiger partial charge >= 0.3 is 0 Å². The van der Waals surface area contributed by atoms with Crippen LogP contribution in [0, 0.1) is 0 Å². The summed E-state index contributed by atoms with van der Waals surface area (Å²) in [5.74, 6) is 1.17. The second-order valence-corrected chi connectivity index (χ2v) is 6.77. The first kappa shape index (κ1) is 13.4. The molecule has 0 bridgehead atoms. The van der Waals surface area contributed by atoms with Crippen LogP contribution < -0.4 is 0 Å². The first-order chi connectivity index (χ1) is 10.7. The standard InChI is InChI=1S/C17H16N4S/c1-12(2)16-11-21-10-15(8-18-17(21)19-16)22-14-7-13-5-3-4-6-20(13)9-14/h3-12H,1-2H3. The Hall–Kier alpha value is -2.27. The highest BCUT2D eigenvalue weighted by atomic mass is 32.2. The topological polar surface area (TPSA) is 34.6 Å². The SMILES string of the molecule is CC(C)c1cn2cc(Sc3cc4ccccn4c3)cnc2n1. The molecule has 4 heterocycles. The molecule has 4 nitrogen and oxygen atoms in total. The molecule has 0 aliphatic rings. The monoisotopic (exact) mass is 308 g/mol. The predicted octanol–water partition coefficient (Wildman–Crippen LogP) is 4.26. The highest BCUT2D eigenvalue weighted by Crippen LogP contribution is 2.29. The Balaban J connectivity index is 1.68. The molecular formula is C17H16N4S. The molecule has 4 rings (SSSR count). The molecule has 0 atom stereocenters. The molecule has 0 fully saturated rings. The van der Waals surface area contributed by atoms with Crippen LogP contribution in [0.2, 0.25) is 0 Å². The summed E-state index contributed by atoms with van der Waals surface area (Å²) in [6, 6.07) is 8.38. The van der Waals surface area contributed by atoms with Gasteiger partial charge in [0.1, 0.15) is 0 Å². The van der Waals surface area contributed by atoms with Gasteiger partial charge < -0.3 is 4.40 Å². The fourth-order valence-corrected chi connectivity index (χ4v) is 3.33. The zero-order valence-corrected chi connectivity index (χ0v) is 13.3. The molecule has 0 radical (unpaired) electrons. The second-order valence-electron chi connectivity index (χ2n) is 5.63. The summed E-state index contributed by atoms with van der Waals surface area (Å²) in [5, 5.41) is 0. The zero-order chi connectivity index (χ0) is 15.1.